The number of ether oxygens (including phenoxy) is 1. The summed E-state index contributed by atoms with van der Waals surface area (Å²) in [6.07, 6.45) is 2.24. The summed E-state index contributed by atoms with van der Waals surface area (Å²) in [5.74, 6) is -4.11. The Bertz CT molecular complexity index is 365. The van der Waals surface area contributed by atoms with Crippen molar-refractivity contribution in [3.05, 3.63) is 0 Å². The monoisotopic (exact) mass is 282 g/mol. The van der Waals surface area contributed by atoms with Crippen molar-refractivity contribution in [1.82, 2.24) is 0 Å². The van der Waals surface area contributed by atoms with Gasteiger partial charge in [-0.25, -0.2) is 4.79 Å². The maximum absolute atomic E-state index is 11.6. The number of carboxylic acid groups (broad SMARTS) is 2. The Labute approximate surface area is 128 Å². The second-order valence-electron chi connectivity index (χ2n) is 4.83. The van der Waals surface area contributed by atoms with Crippen LogP contribution >= 0.6 is 0 Å². The number of carboxylic acids is 2. The average molecular weight is 282 g/mol. The molecule has 0 radical (unpaired) electrons. The van der Waals surface area contributed by atoms with Gasteiger partial charge in [0.25, 0.3) is 0 Å². The summed E-state index contributed by atoms with van der Waals surface area (Å²) in [6.45, 7) is 0. The first-order valence-electron chi connectivity index (χ1n) is 6.20. The third-order valence-corrected chi connectivity index (χ3v) is 3.13. The summed E-state index contributed by atoms with van der Waals surface area (Å²) in [7, 11) is 0. The fraction of sp³-hybridized carbons (Fsp3) is 0.750. The standard InChI is InChI=1S/C12H18O7.Li.H/c13-9(14)6-12(18,11(16)17)7-10(15)19-8-4-2-1-3-5-8;;/h8,18H,1-7H2,(H,13,14)(H,16,17);;. The molecule has 8 heteroatoms. The molecule has 7 nitrogen and oxygen atoms in total. The summed E-state index contributed by atoms with van der Waals surface area (Å²) < 4.78 is 5.06. The van der Waals surface area contributed by atoms with Gasteiger partial charge < -0.3 is 20.1 Å². The van der Waals surface area contributed by atoms with Crippen molar-refractivity contribution in [2.45, 2.75) is 56.7 Å². The van der Waals surface area contributed by atoms with Gasteiger partial charge in [0.1, 0.15) is 6.10 Å². The van der Waals surface area contributed by atoms with Crippen LogP contribution < -0.4 is 0 Å². The molecule has 1 atom stereocenters. The number of esters is 1. The molecule has 1 unspecified atom stereocenters. The van der Waals surface area contributed by atoms with Crippen LogP contribution in [0.5, 0.6) is 0 Å². The van der Waals surface area contributed by atoms with Crippen LogP contribution in [0, 0.1) is 0 Å². The van der Waals surface area contributed by atoms with Crippen molar-refractivity contribution < 1.29 is 34.4 Å². The molecule has 1 fully saturated rings. The van der Waals surface area contributed by atoms with Crippen LogP contribution in [0.25, 0.3) is 0 Å². The zero-order valence-corrected chi connectivity index (χ0v) is 10.5. The Morgan fingerprint density at radius 3 is 2.05 bits per heavy atom. The third kappa shape index (κ3) is 5.95. The van der Waals surface area contributed by atoms with Crippen LogP contribution in [0.3, 0.4) is 0 Å². The van der Waals surface area contributed by atoms with Crippen molar-refractivity contribution in [2.75, 3.05) is 0 Å². The van der Waals surface area contributed by atoms with Crippen molar-refractivity contribution in [2.24, 2.45) is 0 Å². The fourth-order valence-corrected chi connectivity index (χ4v) is 2.11. The molecule has 0 amide bonds. The second kappa shape index (κ2) is 8.30. The molecule has 0 saturated heterocycles. The molecule has 3 N–H and O–H groups in total. The van der Waals surface area contributed by atoms with Crippen molar-refractivity contribution in [3.63, 3.8) is 0 Å². The number of carbonyl (C=O) groups excluding carboxylic acids is 1. The number of aliphatic hydroxyl groups is 1. The number of hydrogen-bond donors (Lipinski definition) is 3. The Balaban J connectivity index is 0.00000361. The Hall–Kier alpha value is -1.03. The third-order valence-electron chi connectivity index (χ3n) is 3.13. The van der Waals surface area contributed by atoms with Gasteiger partial charge in [0.05, 0.1) is 12.8 Å². The van der Waals surface area contributed by atoms with E-state index in [1.165, 1.54) is 0 Å². The molecule has 0 aliphatic heterocycles. The van der Waals surface area contributed by atoms with Gasteiger partial charge in [-0.3, -0.25) is 9.59 Å². The van der Waals surface area contributed by atoms with Crippen LogP contribution in [0.1, 0.15) is 44.9 Å². The van der Waals surface area contributed by atoms with E-state index in [0.29, 0.717) is 0 Å². The predicted molar refractivity (Wildman–Crippen MR) is 69.6 cm³/mol. The van der Waals surface area contributed by atoms with Crippen molar-refractivity contribution in [1.29, 1.82) is 0 Å². The van der Waals surface area contributed by atoms with Crippen LogP contribution in [0.2, 0.25) is 0 Å². The van der Waals surface area contributed by atoms with E-state index in [1.807, 2.05) is 0 Å². The number of aliphatic carboxylic acids is 2. The van der Waals surface area contributed by atoms with E-state index in [0.717, 1.165) is 32.1 Å². The normalized spacial score (nSPS) is 18.4. The van der Waals surface area contributed by atoms with Gasteiger partial charge in [-0.2, -0.15) is 0 Å². The summed E-state index contributed by atoms with van der Waals surface area (Å²) in [5.41, 5.74) is -2.61. The van der Waals surface area contributed by atoms with Gasteiger partial charge in [0, 0.05) is 0 Å². The molecule has 1 rings (SSSR count). The topological polar surface area (TPSA) is 121 Å². The molecule has 20 heavy (non-hydrogen) atoms. The summed E-state index contributed by atoms with van der Waals surface area (Å²) in [5, 5.41) is 27.0. The first kappa shape index (κ1) is 19.0. The van der Waals surface area contributed by atoms with Gasteiger partial charge >= 0.3 is 36.8 Å². The van der Waals surface area contributed by atoms with E-state index in [1.54, 1.807) is 0 Å². The van der Waals surface area contributed by atoms with Gasteiger partial charge in [0.15, 0.2) is 5.60 Å². The minimum absolute atomic E-state index is 0. The van der Waals surface area contributed by atoms with E-state index in [-0.39, 0.29) is 25.0 Å². The first-order valence-corrected chi connectivity index (χ1v) is 6.20. The zero-order valence-electron chi connectivity index (χ0n) is 10.5. The van der Waals surface area contributed by atoms with E-state index in [9.17, 15) is 19.5 Å². The molecule has 110 valence electrons. The molecule has 0 aromatic carbocycles. The summed E-state index contributed by atoms with van der Waals surface area (Å²) in [4.78, 5) is 33.0. The van der Waals surface area contributed by atoms with E-state index in [2.05, 4.69) is 0 Å². The SMILES string of the molecule is O=C(O)CC(O)(CC(=O)OC1CCCCC1)C(=O)O.[LiH]. The molecular weight excluding hydrogens is 263 g/mol. The van der Waals surface area contributed by atoms with Gasteiger partial charge in [0.2, 0.25) is 0 Å². The first-order chi connectivity index (χ1) is 8.83. The zero-order chi connectivity index (χ0) is 14.5. The van der Waals surface area contributed by atoms with E-state index in [4.69, 9.17) is 14.9 Å². The van der Waals surface area contributed by atoms with Gasteiger partial charge in [-0.15, -0.1) is 0 Å². The van der Waals surface area contributed by atoms with Crippen LogP contribution in [0.15, 0.2) is 0 Å². The predicted octanol–water partition coefficient (Wildman–Crippen LogP) is -0.106. The average Bonchev–Trinajstić information content (AvgIpc) is 2.28. The molecule has 0 aromatic heterocycles. The molecule has 0 bridgehead atoms. The fourth-order valence-electron chi connectivity index (χ4n) is 2.11. The van der Waals surface area contributed by atoms with Crippen LogP contribution in [0.4, 0.5) is 0 Å². The quantitative estimate of drug-likeness (QED) is 0.459. The Kier molecular flexibility index (Phi) is 7.87. The molecule has 1 saturated carbocycles. The van der Waals surface area contributed by atoms with Crippen molar-refractivity contribution in [3.8, 4) is 0 Å². The van der Waals surface area contributed by atoms with Crippen LogP contribution in [-0.2, 0) is 19.1 Å². The maximum atomic E-state index is 11.6. The van der Waals surface area contributed by atoms with Gasteiger partial charge in [-0.05, 0) is 25.7 Å². The molecule has 0 spiro atoms. The van der Waals surface area contributed by atoms with Gasteiger partial charge in [-0.1, -0.05) is 6.42 Å². The molecule has 0 aromatic rings. The molecule has 1 aliphatic rings. The second-order valence-corrected chi connectivity index (χ2v) is 4.83. The molecular formula is C12H19LiO7. The summed E-state index contributed by atoms with van der Waals surface area (Å²) >= 11 is 0. The van der Waals surface area contributed by atoms with Crippen LogP contribution in [-0.4, -0.2) is 63.8 Å². The molecule has 1 aliphatic carbocycles. The summed E-state index contributed by atoms with van der Waals surface area (Å²) in [6, 6.07) is 0. The van der Waals surface area contributed by atoms with E-state index < -0.39 is 36.4 Å². The Morgan fingerprint density at radius 2 is 1.60 bits per heavy atom. The molecule has 0 heterocycles. The number of rotatable bonds is 6. The number of hydrogen-bond acceptors (Lipinski definition) is 5. The van der Waals surface area contributed by atoms with Crippen molar-refractivity contribution >= 4 is 36.8 Å². The Morgan fingerprint density at radius 1 is 1.05 bits per heavy atom. The number of carbonyl (C=O) groups is 3. The minimum atomic E-state index is -2.61. The van der Waals surface area contributed by atoms with E-state index >= 15 is 0 Å².